The number of carbonyl (C=O) groups excluding carboxylic acids is 2. The highest BCUT2D eigenvalue weighted by atomic mass is 32.2. The monoisotopic (exact) mass is 463 g/mol. The highest BCUT2D eigenvalue weighted by Crippen LogP contribution is 2.31. The normalized spacial score (nSPS) is 13.3. The topological polar surface area (TPSA) is 122 Å². The van der Waals surface area contributed by atoms with Gasteiger partial charge in [-0.1, -0.05) is 42.5 Å². The molecule has 0 saturated heterocycles. The number of hydrogen-bond donors (Lipinski definition) is 1. The molecule has 2 aromatic rings. The molecule has 174 valence electrons. The number of esters is 2. The Balaban J connectivity index is 2.27. The second-order valence-electron chi connectivity index (χ2n) is 7.67. The van der Waals surface area contributed by atoms with E-state index in [1.165, 1.54) is 12.1 Å². The summed E-state index contributed by atoms with van der Waals surface area (Å²) in [5.74, 6) is -2.33. The molecule has 2 aromatic carbocycles. The van der Waals surface area contributed by atoms with Gasteiger partial charge in [0.2, 0.25) is 0 Å². The third kappa shape index (κ3) is 8.32. The molecule has 2 atom stereocenters. The first-order chi connectivity index (χ1) is 15.1. The molecule has 0 radical (unpaired) electrons. The Morgan fingerprint density at radius 2 is 1.62 bits per heavy atom. The second-order valence-corrected chi connectivity index (χ2v) is 9.24. The summed E-state index contributed by atoms with van der Waals surface area (Å²) in [5.41, 5.74) is 7.27. The first-order valence-corrected chi connectivity index (χ1v) is 12.0. The van der Waals surface area contributed by atoms with Crippen molar-refractivity contribution in [3.05, 3.63) is 65.7 Å². The SMILES string of the molecule is CC(C)OC(=O)CC(CN)C(C(=O)OCc1ccccc1)c1ccc(OS(C)(=O)=O)cc1. The molecule has 9 heteroatoms. The van der Waals surface area contributed by atoms with Gasteiger partial charge in [-0.3, -0.25) is 9.59 Å². The van der Waals surface area contributed by atoms with Gasteiger partial charge in [-0.05, 0) is 49.6 Å². The lowest BCUT2D eigenvalue weighted by Gasteiger charge is -2.25. The first-order valence-electron chi connectivity index (χ1n) is 10.2. The summed E-state index contributed by atoms with van der Waals surface area (Å²) in [6.45, 7) is 3.59. The Bertz CT molecular complexity index is 989. The van der Waals surface area contributed by atoms with Gasteiger partial charge in [0.1, 0.15) is 12.4 Å². The maximum atomic E-state index is 13.1. The largest absolute Gasteiger partial charge is 0.463 e. The maximum Gasteiger partial charge on any atom is 0.314 e. The zero-order chi connectivity index (χ0) is 23.7. The number of carbonyl (C=O) groups is 2. The Morgan fingerprint density at radius 1 is 1.00 bits per heavy atom. The van der Waals surface area contributed by atoms with Crippen molar-refractivity contribution >= 4 is 22.1 Å². The lowest BCUT2D eigenvalue weighted by molar-refractivity contribution is -0.151. The molecule has 2 rings (SSSR count). The summed E-state index contributed by atoms with van der Waals surface area (Å²) >= 11 is 0. The molecule has 32 heavy (non-hydrogen) atoms. The van der Waals surface area contributed by atoms with Crippen molar-refractivity contribution in [1.29, 1.82) is 0 Å². The van der Waals surface area contributed by atoms with E-state index in [9.17, 15) is 18.0 Å². The Hall–Kier alpha value is -2.91. The molecule has 0 bridgehead atoms. The maximum absolute atomic E-state index is 13.1. The quantitative estimate of drug-likeness (QED) is 0.399. The highest BCUT2D eigenvalue weighted by Gasteiger charge is 2.33. The number of benzene rings is 2. The third-order valence-electron chi connectivity index (χ3n) is 4.53. The van der Waals surface area contributed by atoms with Gasteiger partial charge in [0.15, 0.2) is 0 Å². The molecule has 0 heterocycles. The Kier molecular flexibility index (Phi) is 9.22. The van der Waals surface area contributed by atoms with Crippen molar-refractivity contribution < 1.29 is 31.7 Å². The Morgan fingerprint density at radius 3 is 2.16 bits per heavy atom. The van der Waals surface area contributed by atoms with Gasteiger partial charge < -0.3 is 19.4 Å². The van der Waals surface area contributed by atoms with Gasteiger partial charge in [0.25, 0.3) is 0 Å². The van der Waals surface area contributed by atoms with Crippen molar-refractivity contribution in [2.24, 2.45) is 11.7 Å². The van der Waals surface area contributed by atoms with Crippen LogP contribution in [-0.4, -0.2) is 39.3 Å². The van der Waals surface area contributed by atoms with E-state index in [1.54, 1.807) is 26.0 Å². The molecule has 0 aliphatic carbocycles. The molecule has 0 aliphatic heterocycles. The van der Waals surface area contributed by atoms with Crippen LogP contribution in [0.15, 0.2) is 54.6 Å². The fraction of sp³-hybridized carbons (Fsp3) is 0.391. The summed E-state index contributed by atoms with van der Waals surface area (Å²) in [6, 6.07) is 15.2. The fourth-order valence-corrected chi connectivity index (χ4v) is 3.65. The average molecular weight is 464 g/mol. The number of ether oxygens (including phenoxy) is 2. The predicted octanol–water partition coefficient (Wildman–Crippen LogP) is 2.77. The van der Waals surface area contributed by atoms with Crippen molar-refractivity contribution in [3.8, 4) is 5.75 Å². The fourth-order valence-electron chi connectivity index (χ4n) is 3.19. The van der Waals surface area contributed by atoms with E-state index in [2.05, 4.69) is 0 Å². The lowest BCUT2D eigenvalue weighted by atomic mass is 9.83. The molecule has 8 nitrogen and oxygen atoms in total. The highest BCUT2D eigenvalue weighted by molar-refractivity contribution is 7.86. The number of rotatable bonds is 11. The van der Waals surface area contributed by atoms with Crippen LogP contribution in [0.1, 0.15) is 37.3 Å². The minimum absolute atomic E-state index is 0.0416. The van der Waals surface area contributed by atoms with E-state index in [0.717, 1.165) is 11.8 Å². The van der Waals surface area contributed by atoms with Crippen LogP contribution >= 0.6 is 0 Å². The van der Waals surface area contributed by atoms with Gasteiger partial charge in [0, 0.05) is 0 Å². The summed E-state index contributed by atoms with van der Waals surface area (Å²) in [5, 5.41) is 0. The Labute approximate surface area is 188 Å². The summed E-state index contributed by atoms with van der Waals surface area (Å²) in [7, 11) is -3.69. The molecular weight excluding hydrogens is 434 g/mol. The number of hydrogen-bond acceptors (Lipinski definition) is 8. The molecule has 0 fully saturated rings. The van der Waals surface area contributed by atoms with Gasteiger partial charge in [-0.15, -0.1) is 0 Å². The third-order valence-corrected chi connectivity index (χ3v) is 5.03. The molecule has 0 amide bonds. The summed E-state index contributed by atoms with van der Waals surface area (Å²) in [6.07, 6.45) is 0.577. The molecule has 0 aromatic heterocycles. The minimum atomic E-state index is -3.69. The van der Waals surface area contributed by atoms with Crippen molar-refractivity contribution in [2.75, 3.05) is 12.8 Å². The predicted molar refractivity (Wildman–Crippen MR) is 119 cm³/mol. The lowest BCUT2D eigenvalue weighted by Crippen LogP contribution is -2.32. The van der Waals surface area contributed by atoms with Crippen LogP contribution in [0.2, 0.25) is 0 Å². The standard InChI is InChI=1S/C23H29NO7S/c1-16(2)30-21(25)13-19(14-24)22(23(26)29-15-17-7-5-4-6-8-17)18-9-11-20(12-10-18)31-32(3,27)28/h4-12,16,19,22H,13-15,24H2,1-3H3. The van der Waals surface area contributed by atoms with Gasteiger partial charge >= 0.3 is 22.1 Å². The molecular formula is C23H29NO7S. The first kappa shape index (κ1) is 25.4. The van der Waals surface area contributed by atoms with Crippen LogP contribution in [0, 0.1) is 5.92 Å². The zero-order valence-electron chi connectivity index (χ0n) is 18.4. The van der Waals surface area contributed by atoms with Crippen molar-refractivity contribution in [3.63, 3.8) is 0 Å². The molecule has 2 unspecified atom stereocenters. The van der Waals surface area contributed by atoms with Crippen molar-refractivity contribution in [2.45, 2.75) is 38.9 Å². The molecule has 0 spiro atoms. The van der Waals surface area contributed by atoms with Crippen LogP contribution in [0.3, 0.4) is 0 Å². The van der Waals surface area contributed by atoms with Gasteiger partial charge in [0.05, 0.1) is 24.7 Å². The van der Waals surface area contributed by atoms with Gasteiger partial charge in [-0.2, -0.15) is 8.42 Å². The second kappa shape index (κ2) is 11.6. The van der Waals surface area contributed by atoms with Crippen LogP contribution in [0.5, 0.6) is 5.75 Å². The molecule has 2 N–H and O–H groups in total. The van der Waals surface area contributed by atoms with Crippen molar-refractivity contribution in [1.82, 2.24) is 0 Å². The van der Waals surface area contributed by atoms with Crippen LogP contribution in [0.25, 0.3) is 0 Å². The zero-order valence-corrected chi connectivity index (χ0v) is 19.2. The molecule has 0 saturated carbocycles. The average Bonchev–Trinajstić information content (AvgIpc) is 2.72. The van der Waals surface area contributed by atoms with E-state index in [-0.39, 0.29) is 31.4 Å². The van der Waals surface area contributed by atoms with Crippen LogP contribution in [-0.2, 0) is 35.8 Å². The van der Waals surface area contributed by atoms with E-state index < -0.39 is 33.9 Å². The number of nitrogens with two attached hydrogens (primary N) is 1. The molecule has 0 aliphatic rings. The van der Waals surface area contributed by atoms with E-state index >= 15 is 0 Å². The van der Waals surface area contributed by atoms with Crippen LogP contribution < -0.4 is 9.92 Å². The smallest absolute Gasteiger partial charge is 0.314 e. The van der Waals surface area contributed by atoms with Gasteiger partial charge in [-0.25, -0.2) is 0 Å². The summed E-state index contributed by atoms with van der Waals surface area (Å²) < 4.78 is 38.3. The van der Waals surface area contributed by atoms with E-state index in [0.29, 0.717) is 5.56 Å². The van der Waals surface area contributed by atoms with E-state index in [1.807, 2.05) is 30.3 Å². The van der Waals surface area contributed by atoms with E-state index in [4.69, 9.17) is 19.4 Å². The minimum Gasteiger partial charge on any atom is -0.463 e. The van der Waals surface area contributed by atoms with Crippen LogP contribution in [0.4, 0.5) is 0 Å². The summed E-state index contributed by atoms with van der Waals surface area (Å²) in [4.78, 5) is 25.3.